The minimum absolute atomic E-state index is 0.0386. The number of likely N-dealkylation sites (N-methyl/N-ethyl adjacent to an activating group) is 1. The molecule has 17 heteroatoms. The van der Waals surface area contributed by atoms with Crippen LogP contribution in [-0.2, 0) is 40.0 Å². The van der Waals surface area contributed by atoms with Crippen LogP contribution < -0.4 is 31.7 Å². The third-order valence-corrected chi connectivity index (χ3v) is 11.1. The molecule has 0 aromatic heterocycles. The number of rotatable bonds is 16. The first-order chi connectivity index (χ1) is 30.5. The van der Waals surface area contributed by atoms with Crippen LogP contribution in [0.1, 0.15) is 67.6 Å². The molecule has 7 N–H and O–H groups in total. The number of nitrogens with one attached hydrogen (secondary N) is 4. The smallest absolute Gasteiger partial charge is 0.251 e. The molecule has 0 saturated heterocycles. The number of unbranched alkanes of at least 4 members (excludes halogenated alkanes) is 1. The number of hydrogen-bond donors (Lipinski definition) is 6. The maximum absolute atomic E-state index is 14.6. The van der Waals surface area contributed by atoms with Gasteiger partial charge >= 0.3 is 0 Å². The third-order valence-electron chi connectivity index (χ3n) is 10.8. The monoisotopic (exact) mass is 894 g/mol. The Hall–Kier alpha value is -6.91. The normalized spacial score (nSPS) is 17.0. The molecule has 4 bridgehead atoms. The van der Waals surface area contributed by atoms with E-state index in [0.29, 0.717) is 30.0 Å². The molecule has 0 aliphatic carbocycles. The Morgan fingerprint density at radius 2 is 1.58 bits per heavy atom. The van der Waals surface area contributed by atoms with Gasteiger partial charge in [0.1, 0.15) is 35.7 Å². The second-order valence-corrected chi connectivity index (χ2v) is 16.0. The number of nitrogens with zero attached hydrogens (tertiary/aromatic N) is 1. The fourth-order valence-electron chi connectivity index (χ4n) is 7.05. The zero-order valence-electron chi connectivity index (χ0n) is 35.8. The molecule has 0 radical (unpaired) electrons. The number of nitrogens with two attached hydrogens (primary N) is 1. The summed E-state index contributed by atoms with van der Waals surface area (Å²) in [7, 11) is 1.37. The van der Waals surface area contributed by atoms with Gasteiger partial charge in [0.15, 0.2) is 18.7 Å². The Morgan fingerprint density at radius 1 is 0.906 bits per heavy atom. The van der Waals surface area contributed by atoms with Crippen LogP contribution in [0.3, 0.4) is 0 Å². The van der Waals surface area contributed by atoms with Crippen LogP contribution in [0.25, 0.3) is 22.3 Å². The number of phenolic OH excluding ortho intramolecular Hbond substituents is 1. The highest BCUT2D eigenvalue weighted by Crippen LogP contribution is 2.39. The van der Waals surface area contributed by atoms with Gasteiger partial charge in [0.25, 0.3) is 5.91 Å². The van der Waals surface area contributed by atoms with Crippen molar-refractivity contribution in [1.29, 1.82) is 0 Å². The molecule has 0 unspecified atom stereocenters. The molecule has 5 amide bonds. The van der Waals surface area contributed by atoms with E-state index in [1.807, 2.05) is 12.1 Å². The first kappa shape index (κ1) is 48.1. The van der Waals surface area contributed by atoms with Gasteiger partial charge in [-0.25, -0.2) is 0 Å². The molecule has 0 spiro atoms. The fourth-order valence-corrected chi connectivity index (χ4v) is 7.18. The predicted octanol–water partition coefficient (Wildman–Crippen LogP) is 3.59. The molecular weight excluding hydrogens is 844 g/mol. The van der Waals surface area contributed by atoms with E-state index in [9.17, 15) is 43.5 Å². The van der Waals surface area contributed by atoms with Crippen LogP contribution in [0.15, 0.2) is 84.9 Å². The molecule has 0 fully saturated rings. The number of halogens is 1. The van der Waals surface area contributed by atoms with Crippen molar-refractivity contribution in [3.8, 4) is 33.8 Å². The van der Waals surface area contributed by atoms with Crippen molar-refractivity contribution in [3.63, 3.8) is 0 Å². The van der Waals surface area contributed by atoms with E-state index >= 15 is 0 Å². The number of carbonyl (C=O) groups is 8. The SMILES string of the molecule is CC(=O)[C@H](C)NC(=O)[C@@H]1Cc2ccc(OCC(=O)C=O)c(c2)-c2cc(ccc2O)[C@H](N(C)C(=O)[C@H](CCCCN)NC(=O)c2ccc(-c3ccc(Cl)cc3)cc2)C(=O)N[C@@H](C)C(=O)N1. The van der Waals surface area contributed by atoms with Gasteiger partial charge < -0.3 is 41.7 Å². The summed E-state index contributed by atoms with van der Waals surface area (Å²) in [4.78, 5) is 107. The second kappa shape index (κ2) is 21.9. The largest absolute Gasteiger partial charge is 0.507 e. The number of carbonyl (C=O) groups excluding carboxylic acids is 8. The average Bonchev–Trinajstić information content (AvgIpc) is 3.28. The van der Waals surface area contributed by atoms with Crippen LogP contribution in [0.2, 0.25) is 5.02 Å². The molecule has 4 aromatic rings. The van der Waals surface area contributed by atoms with Crippen LogP contribution in [0.5, 0.6) is 11.5 Å². The van der Waals surface area contributed by atoms with Gasteiger partial charge in [0.05, 0.1) is 6.04 Å². The summed E-state index contributed by atoms with van der Waals surface area (Å²) >= 11 is 6.05. The van der Waals surface area contributed by atoms with E-state index in [0.717, 1.165) is 16.0 Å². The first-order valence-electron chi connectivity index (χ1n) is 20.6. The highest BCUT2D eigenvalue weighted by atomic mass is 35.5. The van der Waals surface area contributed by atoms with Crippen molar-refractivity contribution in [1.82, 2.24) is 26.2 Å². The second-order valence-electron chi connectivity index (χ2n) is 15.6. The van der Waals surface area contributed by atoms with E-state index in [1.54, 1.807) is 48.5 Å². The molecule has 64 heavy (non-hydrogen) atoms. The summed E-state index contributed by atoms with van der Waals surface area (Å²) in [5, 5.41) is 22.6. The predicted molar refractivity (Wildman–Crippen MR) is 238 cm³/mol. The molecule has 1 heterocycles. The third kappa shape index (κ3) is 12.2. The van der Waals surface area contributed by atoms with Crippen LogP contribution in [0, 0.1) is 0 Å². The number of phenols is 1. The number of hydrogen-bond acceptors (Lipinski definition) is 11. The number of aromatic hydroxyl groups is 1. The topological polar surface area (TPSA) is 243 Å². The first-order valence-corrected chi connectivity index (χ1v) is 21.0. The van der Waals surface area contributed by atoms with Crippen LogP contribution in [-0.4, -0.2) is 102 Å². The van der Waals surface area contributed by atoms with Crippen molar-refractivity contribution in [2.45, 2.75) is 76.7 Å². The number of benzene rings is 4. The van der Waals surface area contributed by atoms with Gasteiger partial charge in [-0.2, -0.15) is 0 Å². The van der Waals surface area contributed by atoms with Crippen molar-refractivity contribution < 1.29 is 48.2 Å². The van der Waals surface area contributed by atoms with Crippen LogP contribution >= 0.6 is 11.6 Å². The molecule has 336 valence electrons. The molecule has 1 aliphatic rings. The lowest BCUT2D eigenvalue weighted by Crippen LogP contribution is -2.56. The minimum Gasteiger partial charge on any atom is -0.507 e. The lowest BCUT2D eigenvalue weighted by Gasteiger charge is -2.32. The number of aldehydes is 1. The van der Waals surface area contributed by atoms with Gasteiger partial charge in [0.2, 0.25) is 29.4 Å². The number of fused-ring (bicyclic) bond motifs is 5. The van der Waals surface area contributed by atoms with Crippen molar-refractivity contribution in [2.24, 2.45) is 5.73 Å². The molecule has 4 aromatic carbocycles. The summed E-state index contributed by atoms with van der Waals surface area (Å²) in [6, 6.07) is 16.6. The maximum atomic E-state index is 14.6. The highest BCUT2D eigenvalue weighted by Gasteiger charge is 2.36. The Kier molecular flexibility index (Phi) is 16.5. The van der Waals surface area contributed by atoms with Crippen molar-refractivity contribution in [2.75, 3.05) is 20.2 Å². The number of ketones is 2. The Labute approximate surface area is 375 Å². The molecule has 16 nitrogen and oxygen atoms in total. The van der Waals surface area contributed by atoms with Crippen molar-refractivity contribution >= 4 is 59.0 Å². The number of ether oxygens (including phenoxy) is 1. The van der Waals surface area contributed by atoms with Crippen LogP contribution in [0.4, 0.5) is 0 Å². The van der Waals surface area contributed by atoms with Gasteiger partial charge in [-0.3, -0.25) is 38.4 Å². The lowest BCUT2D eigenvalue weighted by atomic mass is 9.93. The number of Topliss-reactive ketones (excluding diaryl/α,β-unsaturated/α-hetero) is 2. The van der Waals surface area contributed by atoms with E-state index in [1.165, 1.54) is 52.1 Å². The van der Waals surface area contributed by atoms with E-state index in [4.69, 9.17) is 22.1 Å². The highest BCUT2D eigenvalue weighted by molar-refractivity contribution is 6.30. The molecule has 5 rings (SSSR count). The Balaban J connectivity index is 1.56. The quantitative estimate of drug-likeness (QED) is 0.0540. The zero-order chi connectivity index (χ0) is 46.7. The fraction of sp³-hybridized carbons (Fsp3) is 0.319. The lowest BCUT2D eigenvalue weighted by molar-refractivity contribution is -0.141. The standard InChI is InChI=1S/C47H51ClN6O10/c1-26(28(3)56)50-45(61)39-22-29-8-19-41(64-25-35(57)24-55)37(21-29)36-23-33(15-18-40(36)58)42(46(62)51-27(2)43(59)53-39)54(4)47(63)38(7-5-6-20-49)52-44(60)32-11-9-30(10-12-32)31-13-16-34(48)17-14-31/h8-19,21,23-24,26-27,38-39,42,58H,5-7,20,22,25,49H2,1-4H3,(H,50,61)(H,51,62)(H,52,60)(H,53,59)/t26-,27-,38-,39-,42-/m0/s1. The van der Waals surface area contributed by atoms with E-state index in [2.05, 4.69) is 21.3 Å². The summed E-state index contributed by atoms with van der Waals surface area (Å²) < 4.78 is 5.72. The van der Waals surface area contributed by atoms with Gasteiger partial charge in [0, 0.05) is 35.2 Å². The molecule has 0 saturated carbocycles. The molecule has 1 aliphatic heterocycles. The van der Waals surface area contributed by atoms with Crippen molar-refractivity contribution in [3.05, 3.63) is 107 Å². The summed E-state index contributed by atoms with van der Waals surface area (Å²) in [5.74, 6) is -4.97. The Bertz CT molecular complexity index is 2410. The van der Waals surface area contributed by atoms with Gasteiger partial charge in [-0.1, -0.05) is 48.0 Å². The van der Waals surface area contributed by atoms with E-state index in [-0.39, 0.29) is 58.7 Å². The summed E-state index contributed by atoms with van der Waals surface area (Å²) in [5.41, 5.74) is 8.64. The van der Waals surface area contributed by atoms with E-state index < -0.39 is 72.1 Å². The maximum Gasteiger partial charge on any atom is 0.251 e. The zero-order valence-corrected chi connectivity index (χ0v) is 36.6. The molecule has 5 atom stereocenters. The minimum atomic E-state index is -1.49. The average molecular weight is 895 g/mol. The summed E-state index contributed by atoms with van der Waals surface area (Å²) in [6.45, 7) is 3.86. The Morgan fingerprint density at radius 3 is 2.22 bits per heavy atom. The molecular formula is C47H51ClN6O10. The summed E-state index contributed by atoms with van der Waals surface area (Å²) in [6.07, 6.45) is 1.10. The number of amides is 5. The van der Waals surface area contributed by atoms with Gasteiger partial charge in [-0.15, -0.1) is 0 Å². The van der Waals surface area contributed by atoms with Gasteiger partial charge in [-0.05, 0) is 117 Å².